The van der Waals surface area contributed by atoms with Gasteiger partial charge in [-0.3, -0.25) is 9.59 Å². The number of carbonyl (C=O) groups is 2. The molecule has 1 N–H and O–H groups in total. The lowest BCUT2D eigenvalue weighted by atomic mass is 10.1. The molecule has 4 nitrogen and oxygen atoms in total. The average Bonchev–Trinajstić information content (AvgIpc) is 2.69. The standard InChI is InChI=1S/C14H18N2O2/c1-10-5-3-6-11(2)14(10)15-12(17)9-16-8-4-7-13(16)18/h3,5-6H,4,7-9H2,1-2H3,(H,15,17)/i3T. The zero-order valence-electron chi connectivity index (χ0n) is 11.7. The molecule has 0 radical (unpaired) electrons. The molecular formula is C14H18N2O2. The molecule has 1 heterocycles. The van der Waals surface area contributed by atoms with Crippen molar-refractivity contribution in [1.82, 2.24) is 4.90 Å². The van der Waals surface area contributed by atoms with Gasteiger partial charge in [-0.15, -0.1) is 0 Å². The first kappa shape index (κ1) is 11.3. The van der Waals surface area contributed by atoms with Gasteiger partial charge in [0.2, 0.25) is 11.8 Å². The van der Waals surface area contributed by atoms with Crippen LogP contribution in [0.15, 0.2) is 18.2 Å². The van der Waals surface area contributed by atoms with E-state index in [4.69, 9.17) is 1.37 Å². The van der Waals surface area contributed by atoms with Crippen molar-refractivity contribution >= 4 is 17.5 Å². The fourth-order valence-corrected chi connectivity index (χ4v) is 2.17. The van der Waals surface area contributed by atoms with Crippen LogP contribution < -0.4 is 5.32 Å². The zero-order chi connectivity index (χ0) is 14.0. The summed E-state index contributed by atoms with van der Waals surface area (Å²) in [5.41, 5.74) is 2.48. The highest BCUT2D eigenvalue weighted by Crippen LogP contribution is 2.19. The van der Waals surface area contributed by atoms with Crippen LogP contribution in [0.25, 0.3) is 0 Å². The third-order valence-electron chi connectivity index (χ3n) is 3.16. The lowest BCUT2D eigenvalue weighted by Crippen LogP contribution is -2.34. The van der Waals surface area contributed by atoms with E-state index in [2.05, 4.69) is 5.32 Å². The van der Waals surface area contributed by atoms with Crippen molar-refractivity contribution in [2.24, 2.45) is 0 Å². The second kappa shape index (κ2) is 5.21. The van der Waals surface area contributed by atoms with Gasteiger partial charge < -0.3 is 10.2 Å². The second-order valence-corrected chi connectivity index (χ2v) is 4.66. The molecule has 0 spiro atoms. The maximum absolute atomic E-state index is 12.0. The van der Waals surface area contributed by atoms with Crippen molar-refractivity contribution in [2.75, 3.05) is 18.4 Å². The zero-order valence-corrected chi connectivity index (χ0v) is 10.7. The summed E-state index contributed by atoms with van der Waals surface area (Å²) in [5, 5.41) is 2.84. The van der Waals surface area contributed by atoms with Gasteiger partial charge in [0.25, 0.3) is 0 Å². The molecule has 0 atom stereocenters. The smallest absolute Gasteiger partial charge is 0.244 e. The Morgan fingerprint density at radius 3 is 2.67 bits per heavy atom. The van der Waals surface area contributed by atoms with E-state index in [1.807, 2.05) is 13.8 Å². The summed E-state index contributed by atoms with van der Waals surface area (Å²) in [7, 11) is 0. The number of anilines is 1. The molecular weight excluding hydrogens is 228 g/mol. The van der Waals surface area contributed by atoms with Gasteiger partial charge in [0.15, 0.2) is 0 Å². The maximum Gasteiger partial charge on any atom is 0.244 e. The molecule has 96 valence electrons. The molecule has 1 aromatic rings. The first-order valence-corrected chi connectivity index (χ1v) is 6.13. The fraction of sp³-hybridized carbons (Fsp3) is 0.429. The van der Waals surface area contributed by atoms with Crippen molar-refractivity contribution in [2.45, 2.75) is 26.7 Å². The van der Waals surface area contributed by atoms with E-state index in [9.17, 15) is 9.59 Å². The average molecular weight is 248 g/mol. The molecule has 0 bridgehead atoms. The van der Waals surface area contributed by atoms with Gasteiger partial charge in [-0.2, -0.15) is 0 Å². The largest absolute Gasteiger partial charge is 0.333 e. The Bertz CT molecular complexity index is 505. The third kappa shape index (κ3) is 2.70. The summed E-state index contributed by atoms with van der Waals surface area (Å²) in [4.78, 5) is 25.0. The Hall–Kier alpha value is -1.84. The van der Waals surface area contributed by atoms with Crippen LogP contribution in [-0.2, 0) is 9.59 Å². The van der Waals surface area contributed by atoms with Crippen molar-refractivity contribution in [3.8, 4) is 0 Å². The number of benzene rings is 1. The number of amides is 2. The summed E-state index contributed by atoms with van der Waals surface area (Å²) >= 11 is 0. The predicted octanol–water partition coefficient (Wildman–Crippen LogP) is 1.86. The van der Waals surface area contributed by atoms with Crippen molar-refractivity contribution in [3.05, 3.63) is 29.3 Å². The number of hydrogen-bond acceptors (Lipinski definition) is 2. The number of likely N-dealkylation sites (tertiary alicyclic amines) is 1. The Kier molecular flexibility index (Phi) is 3.26. The van der Waals surface area contributed by atoms with Gasteiger partial charge >= 0.3 is 0 Å². The van der Waals surface area contributed by atoms with Gasteiger partial charge in [-0.25, -0.2) is 0 Å². The molecule has 1 aliphatic heterocycles. The summed E-state index contributed by atoms with van der Waals surface area (Å²) in [6.45, 7) is 4.50. The van der Waals surface area contributed by atoms with Gasteiger partial charge in [-0.1, -0.05) is 18.2 Å². The first-order chi connectivity index (χ1) is 8.97. The van der Waals surface area contributed by atoms with Gasteiger partial charge in [-0.05, 0) is 31.4 Å². The van der Waals surface area contributed by atoms with Crippen LogP contribution in [0.3, 0.4) is 0 Å². The summed E-state index contributed by atoms with van der Waals surface area (Å²) in [6, 6.07) is 3.86. The van der Waals surface area contributed by atoms with Crippen LogP contribution in [0, 0.1) is 13.8 Å². The van der Waals surface area contributed by atoms with E-state index in [1.165, 1.54) is 0 Å². The first-order valence-electron chi connectivity index (χ1n) is 6.63. The molecule has 2 rings (SSSR count). The van der Waals surface area contributed by atoms with Crippen LogP contribution >= 0.6 is 0 Å². The fourth-order valence-electron chi connectivity index (χ4n) is 2.17. The highest BCUT2D eigenvalue weighted by atomic mass is 16.2. The minimum Gasteiger partial charge on any atom is -0.333 e. The number of aryl methyl sites for hydroxylation is 2. The Morgan fingerprint density at radius 1 is 1.44 bits per heavy atom. The minimum atomic E-state index is -0.181. The molecule has 1 aliphatic rings. The van der Waals surface area contributed by atoms with Crippen LogP contribution in [0.5, 0.6) is 0 Å². The molecule has 0 unspecified atom stereocenters. The summed E-state index contributed by atoms with van der Waals surface area (Å²) in [6.07, 6.45) is 1.37. The number of carbonyl (C=O) groups excluding carboxylic acids is 2. The topological polar surface area (TPSA) is 49.4 Å². The van der Waals surface area contributed by atoms with E-state index in [1.54, 1.807) is 17.0 Å². The van der Waals surface area contributed by atoms with Gasteiger partial charge in [0.05, 0.1) is 7.92 Å². The van der Waals surface area contributed by atoms with Crippen molar-refractivity contribution < 1.29 is 11.0 Å². The summed E-state index contributed by atoms with van der Waals surface area (Å²) in [5.74, 6) is -0.135. The molecule has 18 heavy (non-hydrogen) atoms. The monoisotopic (exact) mass is 248 g/mol. The number of nitrogens with one attached hydrogen (secondary N) is 1. The van der Waals surface area contributed by atoms with E-state index < -0.39 is 0 Å². The summed E-state index contributed by atoms with van der Waals surface area (Å²) < 4.78 is 7.60. The second-order valence-electron chi connectivity index (χ2n) is 4.66. The quantitative estimate of drug-likeness (QED) is 0.887. The molecule has 0 aliphatic carbocycles. The Morgan fingerprint density at radius 2 is 2.11 bits per heavy atom. The van der Waals surface area contributed by atoms with E-state index in [0.29, 0.717) is 19.0 Å². The van der Waals surface area contributed by atoms with Crippen LogP contribution in [-0.4, -0.2) is 29.8 Å². The van der Waals surface area contributed by atoms with Gasteiger partial charge in [0, 0.05) is 18.7 Å². The predicted molar refractivity (Wildman–Crippen MR) is 70.4 cm³/mol. The molecule has 1 aromatic carbocycles. The van der Waals surface area contributed by atoms with Gasteiger partial charge in [0.1, 0.15) is 0 Å². The molecule has 1 fully saturated rings. The van der Waals surface area contributed by atoms with E-state index >= 15 is 0 Å². The number of hydrogen-bond donors (Lipinski definition) is 1. The lowest BCUT2D eigenvalue weighted by molar-refractivity contribution is -0.131. The minimum absolute atomic E-state index is 0.0464. The molecule has 2 amide bonds. The highest BCUT2D eigenvalue weighted by molar-refractivity contribution is 5.96. The molecule has 0 saturated carbocycles. The Labute approximate surface area is 108 Å². The van der Waals surface area contributed by atoms with Crippen molar-refractivity contribution in [3.63, 3.8) is 0 Å². The number of para-hydroxylation sites is 1. The SMILES string of the molecule is [3H]c1cc(C)c(NC(=O)CN2CCCC2=O)c(C)c1. The number of nitrogens with zero attached hydrogens (tertiary/aromatic N) is 1. The van der Waals surface area contributed by atoms with Crippen LogP contribution in [0.4, 0.5) is 5.69 Å². The maximum atomic E-state index is 12.0. The highest BCUT2D eigenvalue weighted by Gasteiger charge is 2.22. The van der Waals surface area contributed by atoms with Crippen LogP contribution in [0.1, 0.15) is 25.3 Å². The number of rotatable bonds is 3. The van der Waals surface area contributed by atoms with Crippen LogP contribution in [0.2, 0.25) is 0 Å². The Balaban J connectivity index is 2.05. The molecule has 1 saturated heterocycles. The van der Waals surface area contributed by atoms with E-state index in [0.717, 1.165) is 23.2 Å². The normalized spacial score (nSPS) is 15.8. The van der Waals surface area contributed by atoms with E-state index in [-0.39, 0.29) is 18.4 Å². The lowest BCUT2D eigenvalue weighted by Gasteiger charge is -2.16. The molecule has 4 heteroatoms. The van der Waals surface area contributed by atoms with Crippen molar-refractivity contribution in [1.29, 1.82) is 0 Å². The third-order valence-corrected chi connectivity index (χ3v) is 3.16. The molecule has 0 aromatic heterocycles.